The van der Waals surface area contributed by atoms with E-state index in [1.165, 1.54) is 6.07 Å². The maximum atomic E-state index is 11.7. The number of hydrogen-bond donors (Lipinski definition) is 1. The molecular formula is C13H11ClN2O4. The Labute approximate surface area is 119 Å². The van der Waals surface area contributed by atoms with Crippen LogP contribution in [0, 0.1) is 6.92 Å². The summed E-state index contributed by atoms with van der Waals surface area (Å²) in [4.78, 5) is 23.2. The van der Waals surface area contributed by atoms with Crippen molar-refractivity contribution in [1.29, 1.82) is 0 Å². The molecule has 0 aliphatic carbocycles. The van der Waals surface area contributed by atoms with Crippen LogP contribution in [0.4, 0.5) is 5.88 Å². The van der Waals surface area contributed by atoms with E-state index in [-0.39, 0.29) is 11.4 Å². The zero-order chi connectivity index (χ0) is 14.5. The van der Waals surface area contributed by atoms with Crippen molar-refractivity contribution in [2.24, 2.45) is 0 Å². The van der Waals surface area contributed by atoms with Gasteiger partial charge in [-0.05, 0) is 25.1 Å². The fourth-order valence-electron chi connectivity index (χ4n) is 1.43. The van der Waals surface area contributed by atoms with Gasteiger partial charge in [-0.15, -0.1) is 0 Å². The van der Waals surface area contributed by atoms with Crippen molar-refractivity contribution in [3.63, 3.8) is 0 Å². The monoisotopic (exact) mass is 294 g/mol. The Morgan fingerprint density at radius 1 is 1.40 bits per heavy atom. The molecule has 0 unspecified atom stereocenters. The topological polar surface area (TPSA) is 81.4 Å². The van der Waals surface area contributed by atoms with Crippen molar-refractivity contribution in [1.82, 2.24) is 5.16 Å². The van der Waals surface area contributed by atoms with Crippen molar-refractivity contribution in [2.75, 3.05) is 11.9 Å². The number of halogens is 1. The fraction of sp³-hybridized carbons (Fsp3) is 0.154. The number of esters is 1. The van der Waals surface area contributed by atoms with Gasteiger partial charge in [0.15, 0.2) is 6.61 Å². The molecule has 0 bridgehead atoms. The average Bonchev–Trinajstić information content (AvgIpc) is 2.81. The zero-order valence-electron chi connectivity index (χ0n) is 10.6. The first-order valence-corrected chi connectivity index (χ1v) is 6.08. The van der Waals surface area contributed by atoms with Crippen LogP contribution in [-0.2, 0) is 9.53 Å². The van der Waals surface area contributed by atoms with Gasteiger partial charge in [0.25, 0.3) is 5.91 Å². The molecule has 1 aromatic heterocycles. The number of hydrogen-bond acceptors (Lipinski definition) is 5. The quantitative estimate of drug-likeness (QED) is 0.876. The van der Waals surface area contributed by atoms with Gasteiger partial charge in [0.05, 0.1) is 11.3 Å². The lowest BCUT2D eigenvalue weighted by Gasteiger charge is -2.04. The molecule has 1 N–H and O–H groups in total. The summed E-state index contributed by atoms with van der Waals surface area (Å²) in [6.45, 7) is 1.30. The van der Waals surface area contributed by atoms with Crippen molar-refractivity contribution < 1.29 is 18.8 Å². The number of benzene rings is 1. The van der Waals surface area contributed by atoms with Crippen molar-refractivity contribution in [2.45, 2.75) is 6.92 Å². The highest BCUT2D eigenvalue weighted by Gasteiger charge is 2.12. The molecule has 0 saturated carbocycles. The minimum Gasteiger partial charge on any atom is -0.452 e. The van der Waals surface area contributed by atoms with Crippen molar-refractivity contribution >= 4 is 29.4 Å². The maximum Gasteiger partial charge on any atom is 0.338 e. The first-order valence-electron chi connectivity index (χ1n) is 5.70. The molecule has 2 aromatic rings. The predicted octanol–water partition coefficient (Wildman–Crippen LogP) is 2.43. The second-order valence-corrected chi connectivity index (χ2v) is 4.40. The number of nitrogens with one attached hydrogen (secondary N) is 1. The molecule has 0 radical (unpaired) electrons. The number of rotatable bonds is 4. The molecular weight excluding hydrogens is 284 g/mol. The number of carbonyl (C=O) groups is 2. The third-order valence-corrected chi connectivity index (χ3v) is 2.52. The summed E-state index contributed by atoms with van der Waals surface area (Å²) in [5, 5.41) is 6.44. The van der Waals surface area contributed by atoms with Crippen molar-refractivity contribution in [3.05, 3.63) is 46.6 Å². The average molecular weight is 295 g/mol. The predicted molar refractivity (Wildman–Crippen MR) is 71.6 cm³/mol. The molecule has 104 valence electrons. The van der Waals surface area contributed by atoms with Crippen LogP contribution in [0.2, 0.25) is 5.02 Å². The normalized spacial score (nSPS) is 10.1. The van der Waals surface area contributed by atoms with E-state index >= 15 is 0 Å². The molecule has 1 aromatic carbocycles. The van der Waals surface area contributed by atoms with Crippen LogP contribution in [0.15, 0.2) is 34.9 Å². The molecule has 0 spiro atoms. The first kappa shape index (κ1) is 14.1. The van der Waals surface area contributed by atoms with E-state index < -0.39 is 18.5 Å². The molecule has 0 atom stereocenters. The summed E-state index contributed by atoms with van der Waals surface area (Å²) in [5.41, 5.74) is 0.914. The standard InChI is InChI=1S/C13H11ClN2O4/c1-8-5-12(20-16-8)15-11(17)7-19-13(18)9-3-2-4-10(14)6-9/h2-6H,7H2,1H3,(H,15,17). The van der Waals surface area contributed by atoms with E-state index in [4.69, 9.17) is 20.9 Å². The smallest absolute Gasteiger partial charge is 0.338 e. The highest BCUT2D eigenvalue weighted by Crippen LogP contribution is 2.12. The van der Waals surface area contributed by atoms with Crippen LogP contribution in [0.3, 0.4) is 0 Å². The summed E-state index contributed by atoms with van der Waals surface area (Å²) in [6, 6.07) is 7.82. The fourth-order valence-corrected chi connectivity index (χ4v) is 1.62. The van der Waals surface area contributed by atoms with Gasteiger partial charge >= 0.3 is 5.97 Å². The van der Waals surface area contributed by atoms with Gasteiger partial charge < -0.3 is 9.26 Å². The number of amides is 1. The zero-order valence-corrected chi connectivity index (χ0v) is 11.3. The third kappa shape index (κ3) is 3.83. The molecule has 1 heterocycles. The van der Waals surface area contributed by atoms with E-state index in [1.54, 1.807) is 31.2 Å². The van der Waals surface area contributed by atoms with Crippen LogP contribution >= 0.6 is 11.6 Å². The van der Waals surface area contributed by atoms with Gasteiger partial charge in [-0.3, -0.25) is 10.1 Å². The number of nitrogens with zero attached hydrogens (tertiary/aromatic N) is 1. The molecule has 20 heavy (non-hydrogen) atoms. The third-order valence-electron chi connectivity index (χ3n) is 2.29. The Bertz CT molecular complexity index is 639. The Balaban J connectivity index is 1.85. The van der Waals surface area contributed by atoms with Crippen molar-refractivity contribution in [3.8, 4) is 0 Å². The van der Waals surface area contributed by atoms with Crippen LogP contribution in [0.5, 0.6) is 0 Å². The molecule has 7 heteroatoms. The Morgan fingerprint density at radius 2 is 2.20 bits per heavy atom. The number of ether oxygens (including phenoxy) is 1. The van der Waals surface area contributed by atoms with Crippen LogP contribution < -0.4 is 5.32 Å². The molecule has 0 aliphatic heterocycles. The second-order valence-electron chi connectivity index (χ2n) is 3.97. The SMILES string of the molecule is Cc1cc(NC(=O)COC(=O)c2cccc(Cl)c2)on1. The minimum atomic E-state index is -0.628. The van der Waals surface area contributed by atoms with E-state index in [2.05, 4.69) is 10.5 Å². The van der Waals surface area contributed by atoms with Gasteiger partial charge in [-0.1, -0.05) is 22.8 Å². The van der Waals surface area contributed by atoms with E-state index in [0.29, 0.717) is 10.7 Å². The van der Waals surface area contributed by atoms with E-state index in [0.717, 1.165) is 0 Å². The molecule has 2 rings (SSSR count). The van der Waals surface area contributed by atoms with Gasteiger partial charge in [-0.25, -0.2) is 4.79 Å². The maximum absolute atomic E-state index is 11.7. The summed E-state index contributed by atoms with van der Waals surface area (Å²) < 4.78 is 9.65. The molecule has 0 aliphatic rings. The lowest BCUT2D eigenvalue weighted by atomic mass is 10.2. The summed E-state index contributed by atoms with van der Waals surface area (Å²) in [6.07, 6.45) is 0. The van der Waals surface area contributed by atoms with E-state index in [9.17, 15) is 9.59 Å². The lowest BCUT2D eigenvalue weighted by Crippen LogP contribution is -2.20. The lowest BCUT2D eigenvalue weighted by molar-refractivity contribution is -0.119. The highest BCUT2D eigenvalue weighted by atomic mass is 35.5. The summed E-state index contributed by atoms with van der Waals surface area (Å²) in [7, 11) is 0. The second kappa shape index (κ2) is 6.21. The van der Waals surface area contributed by atoms with E-state index in [1.807, 2.05) is 0 Å². The Hall–Kier alpha value is -2.34. The van der Waals surface area contributed by atoms with Crippen LogP contribution in [-0.4, -0.2) is 23.6 Å². The molecule has 0 fully saturated rings. The summed E-state index contributed by atoms with van der Waals surface area (Å²) >= 11 is 5.75. The summed E-state index contributed by atoms with van der Waals surface area (Å²) in [5.74, 6) is -0.945. The van der Waals surface area contributed by atoms with Gasteiger partial charge in [0.2, 0.25) is 5.88 Å². The number of carbonyl (C=O) groups excluding carboxylic acids is 2. The molecule has 6 nitrogen and oxygen atoms in total. The number of aromatic nitrogens is 1. The van der Waals surface area contributed by atoms with Gasteiger partial charge in [-0.2, -0.15) is 0 Å². The largest absolute Gasteiger partial charge is 0.452 e. The van der Waals surface area contributed by atoms with Crippen LogP contribution in [0.1, 0.15) is 16.1 Å². The minimum absolute atomic E-state index is 0.200. The highest BCUT2D eigenvalue weighted by molar-refractivity contribution is 6.30. The van der Waals surface area contributed by atoms with Crippen LogP contribution in [0.25, 0.3) is 0 Å². The first-order chi connectivity index (χ1) is 9.54. The molecule has 0 saturated heterocycles. The Kier molecular flexibility index (Phi) is 4.37. The molecule has 1 amide bonds. The van der Waals surface area contributed by atoms with Gasteiger partial charge in [0.1, 0.15) is 0 Å². The van der Waals surface area contributed by atoms with Gasteiger partial charge in [0, 0.05) is 11.1 Å². The number of anilines is 1. The Morgan fingerprint density at radius 3 is 2.85 bits per heavy atom. The number of aryl methyl sites for hydroxylation is 1.